The molecule has 1 fully saturated rings. The summed E-state index contributed by atoms with van der Waals surface area (Å²) in [5.74, 6) is 0.969. The second-order valence-corrected chi connectivity index (χ2v) is 5.03. The summed E-state index contributed by atoms with van der Waals surface area (Å²) in [6.07, 6.45) is 3.49. The van der Waals surface area contributed by atoms with E-state index < -0.39 is 0 Å². The van der Waals surface area contributed by atoms with E-state index in [2.05, 4.69) is 46.2 Å². The molecule has 0 spiro atoms. The zero-order valence-corrected chi connectivity index (χ0v) is 11.5. The molecular weight excluding hydrogens is 298 g/mol. The molecule has 0 bridgehead atoms. The van der Waals surface area contributed by atoms with Crippen LogP contribution in [0.3, 0.4) is 0 Å². The molecule has 0 aliphatic carbocycles. The summed E-state index contributed by atoms with van der Waals surface area (Å²) >= 11 is 3.48. The quantitative estimate of drug-likeness (QED) is 0.746. The lowest BCUT2D eigenvalue weighted by Gasteiger charge is -2.35. The Kier molecular flexibility index (Phi) is 3.37. The van der Waals surface area contributed by atoms with Crippen LogP contribution < -0.4 is 4.90 Å². The van der Waals surface area contributed by atoms with Gasteiger partial charge in [-0.05, 0) is 10.4 Å². The van der Waals surface area contributed by atoms with E-state index in [1.807, 2.05) is 6.20 Å². The number of anilines is 1. The van der Waals surface area contributed by atoms with Crippen LogP contribution in [0.2, 0.25) is 0 Å². The van der Waals surface area contributed by atoms with Crippen LogP contribution >= 0.6 is 15.9 Å². The van der Waals surface area contributed by atoms with Gasteiger partial charge in [0.1, 0.15) is 0 Å². The molecule has 0 saturated carbocycles. The fourth-order valence-electron chi connectivity index (χ4n) is 2.20. The molecule has 0 amide bonds. The smallest absolute Gasteiger partial charge is 0.199 e. The molecule has 0 N–H and O–H groups in total. The Hall–Kier alpha value is -1.28. The number of alkyl halides is 1. The van der Waals surface area contributed by atoms with E-state index in [9.17, 15) is 0 Å². The fraction of sp³-hybridized carbons (Fsp3) is 0.600. The number of hydrogen-bond acceptors (Lipinski definition) is 6. The first kappa shape index (κ1) is 11.8. The summed E-state index contributed by atoms with van der Waals surface area (Å²) in [5, 5.41) is 12.6. The van der Waals surface area contributed by atoms with Crippen molar-refractivity contribution in [2.45, 2.75) is 0 Å². The third-order valence-corrected chi connectivity index (χ3v) is 3.54. The van der Waals surface area contributed by atoms with Gasteiger partial charge in [0, 0.05) is 38.1 Å². The standard InChI is InChI=1S/C10H14BrN7/c11-1-2-16-3-5-17(6-4-16)10-8-12-7-9-13-14-15-18(9)10/h7-8H,1-6H2. The minimum absolute atomic E-state index is 0.690. The topological polar surface area (TPSA) is 62.5 Å². The highest BCUT2D eigenvalue weighted by molar-refractivity contribution is 9.09. The fourth-order valence-corrected chi connectivity index (χ4v) is 2.70. The van der Waals surface area contributed by atoms with Gasteiger partial charge in [-0.1, -0.05) is 15.9 Å². The van der Waals surface area contributed by atoms with E-state index >= 15 is 0 Å². The third-order valence-electron chi connectivity index (χ3n) is 3.19. The normalized spacial score (nSPS) is 17.5. The van der Waals surface area contributed by atoms with Gasteiger partial charge in [0.15, 0.2) is 11.5 Å². The van der Waals surface area contributed by atoms with Gasteiger partial charge in [0.2, 0.25) is 0 Å². The first-order chi connectivity index (χ1) is 8.88. The molecule has 0 unspecified atom stereocenters. The van der Waals surface area contributed by atoms with Crippen molar-refractivity contribution in [3.8, 4) is 0 Å². The molecule has 3 heterocycles. The van der Waals surface area contributed by atoms with Crippen molar-refractivity contribution in [3.05, 3.63) is 12.4 Å². The molecule has 0 aromatic carbocycles. The van der Waals surface area contributed by atoms with E-state index in [4.69, 9.17) is 0 Å². The Bertz CT molecular complexity index is 520. The predicted molar refractivity (Wildman–Crippen MR) is 71.0 cm³/mol. The van der Waals surface area contributed by atoms with Crippen molar-refractivity contribution in [2.75, 3.05) is 43.0 Å². The molecule has 0 radical (unpaired) electrons. The Morgan fingerprint density at radius 1 is 1.17 bits per heavy atom. The Balaban J connectivity index is 1.78. The summed E-state index contributed by atoms with van der Waals surface area (Å²) in [6.45, 7) is 5.18. The molecule has 7 nitrogen and oxygen atoms in total. The molecule has 2 aromatic heterocycles. The number of nitrogens with zero attached hydrogens (tertiary/aromatic N) is 7. The minimum atomic E-state index is 0.690. The van der Waals surface area contributed by atoms with Gasteiger partial charge < -0.3 is 4.90 Å². The van der Waals surface area contributed by atoms with Gasteiger partial charge in [0.05, 0.1) is 12.4 Å². The van der Waals surface area contributed by atoms with Gasteiger partial charge >= 0.3 is 0 Å². The molecule has 1 saturated heterocycles. The van der Waals surface area contributed by atoms with Crippen molar-refractivity contribution < 1.29 is 0 Å². The zero-order valence-electron chi connectivity index (χ0n) is 9.91. The summed E-state index contributed by atoms with van der Waals surface area (Å²) in [5.41, 5.74) is 0.690. The largest absolute Gasteiger partial charge is 0.353 e. The molecule has 3 rings (SSSR count). The number of tetrazole rings is 1. The van der Waals surface area contributed by atoms with Crippen LogP contribution in [-0.4, -0.2) is 68.0 Å². The first-order valence-electron chi connectivity index (χ1n) is 5.94. The molecule has 1 aliphatic rings. The van der Waals surface area contributed by atoms with Gasteiger partial charge in [-0.3, -0.25) is 9.88 Å². The summed E-state index contributed by atoms with van der Waals surface area (Å²) in [4.78, 5) is 8.91. The van der Waals surface area contributed by atoms with Crippen LogP contribution in [0.5, 0.6) is 0 Å². The maximum absolute atomic E-state index is 4.19. The minimum Gasteiger partial charge on any atom is -0.353 e. The molecule has 0 atom stereocenters. The van der Waals surface area contributed by atoms with Crippen molar-refractivity contribution in [3.63, 3.8) is 0 Å². The van der Waals surface area contributed by atoms with Crippen molar-refractivity contribution in [1.82, 2.24) is 29.9 Å². The lowest BCUT2D eigenvalue weighted by molar-refractivity contribution is 0.273. The lowest BCUT2D eigenvalue weighted by atomic mass is 10.3. The molecule has 8 heteroatoms. The second kappa shape index (κ2) is 5.15. The number of aromatic nitrogens is 5. The third kappa shape index (κ3) is 2.17. The highest BCUT2D eigenvalue weighted by Gasteiger charge is 2.19. The van der Waals surface area contributed by atoms with Crippen molar-refractivity contribution in [2.24, 2.45) is 0 Å². The molecule has 2 aromatic rings. The van der Waals surface area contributed by atoms with E-state index in [1.54, 1.807) is 10.7 Å². The van der Waals surface area contributed by atoms with E-state index in [0.29, 0.717) is 5.65 Å². The van der Waals surface area contributed by atoms with Crippen LogP contribution in [0.1, 0.15) is 0 Å². The number of fused-ring (bicyclic) bond motifs is 1. The molecule has 1 aliphatic heterocycles. The zero-order chi connectivity index (χ0) is 12.4. The van der Waals surface area contributed by atoms with Crippen LogP contribution in [-0.2, 0) is 0 Å². The highest BCUT2D eigenvalue weighted by Crippen LogP contribution is 2.15. The van der Waals surface area contributed by atoms with Gasteiger partial charge in [-0.25, -0.2) is 0 Å². The Morgan fingerprint density at radius 2 is 2.00 bits per heavy atom. The van der Waals surface area contributed by atoms with E-state index in [0.717, 1.165) is 43.9 Å². The average molecular weight is 312 g/mol. The van der Waals surface area contributed by atoms with Crippen LogP contribution in [0.15, 0.2) is 12.4 Å². The summed E-state index contributed by atoms with van der Waals surface area (Å²) < 4.78 is 1.74. The maximum Gasteiger partial charge on any atom is 0.199 e. The number of halogens is 1. The van der Waals surface area contributed by atoms with Gasteiger partial charge in [-0.15, -0.1) is 5.10 Å². The monoisotopic (exact) mass is 311 g/mol. The van der Waals surface area contributed by atoms with Gasteiger partial charge in [0.25, 0.3) is 0 Å². The first-order valence-corrected chi connectivity index (χ1v) is 7.06. The number of hydrogen-bond donors (Lipinski definition) is 0. The summed E-state index contributed by atoms with van der Waals surface area (Å²) in [7, 11) is 0. The predicted octanol–water partition coefficient (Wildman–Crippen LogP) is 0.0362. The second-order valence-electron chi connectivity index (χ2n) is 4.23. The Labute approximate surface area is 113 Å². The maximum atomic E-state index is 4.19. The summed E-state index contributed by atoms with van der Waals surface area (Å²) in [6, 6.07) is 0. The Morgan fingerprint density at radius 3 is 2.78 bits per heavy atom. The lowest BCUT2D eigenvalue weighted by Crippen LogP contribution is -2.47. The van der Waals surface area contributed by atoms with Crippen LogP contribution in [0, 0.1) is 0 Å². The molecule has 96 valence electrons. The van der Waals surface area contributed by atoms with Crippen molar-refractivity contribution in [1.29, 1.82) is 0 Å². The number of piperazine rings is 1. The van der Waals surface area contributed by atoms with E-state index in [1.165, 1.54) is 0 Å². The average Bonchev–Trinajstić information content (AvgIpc) is 2.88. The molecule has 18 heavy (non-hydrogen) atoms. The van der Waals surface area contributed by atoms with E-state index in [-0.39, 0.29) is 0 Å². The number of rotatable bonds is 3. The molecular formula is C10H14BrN7. The van der Waals surface area contributed by atoms with Gasteiger partial charge in [-0.2, -0.15) is 4.52 Å². The van der Waals surface area contributed by atoms with Crippen molar-refractivity contribution >= 4 is 27.4 Å². The van der Waals surface area contributed by atoms with Crippen LogP contribution in [0.25, 0.3) is 5.65 Å². The highest BCUT2D eigenvalue weighted by atomic mass is 79.9. The van der Waals surface area contributed by atoms with Crippen LogP contribution in [0.4, 0.5) is 5.82 Å². The SMILES string of the molecule is BrCCN1CCN(c2cncc3nnnn23)CC1.